The molecule has 0 aliphatic carbocycles. The maximum absolute atomic E-state index is 15.2. The summed E-state index contributed by atoms with van der Waals surface area (Å²) in [6, 6.07) is 10.5. The predicted molar refractivity (Wildman–Crippen MR) is 157 cm³/mol. The minimum absolute atomic E-state index is 0.0107. The number of halogens is 2. The van der Waals surface area contributed by atoms with Crippen molar-refractivity contribution < 1.29 is 23.4 Å². The monoisotopic (exact) mass is 586 g/mol. The number of phenols is 1. The molecule has 4 fully saturated rings. The number of aromatic hydroxyl groups is 1. The Morgan fingerprint density at radius 1 is 1.12 bits per heavy atom. The van der Waals surface area contributed by atoms with Gasteiger partial charge in [0, 0.05) is 42.5 Å². The third-order valence-corrected chi connectivity index (χ3v) is 10.2. The van der Waals surface area contributed by atoms with Gasteiger partial charge in [0.25, 0.3) is 0 Å². The van der Waals surface area contributed by atoms with Gasteiger partial charge in [-0.15, -0.1) is 0 Å². The number of benzene rings is 2. The summed E-state index contributed by atoms with van der Waals surface area (Å²) in [6.45, 7) is 2.83. The molecule has 9 rings (SSSR count). The molecule has 2 N–H and O–H groups in total. The number of alkyl halides is 1. The molecule has 5 aliphatic rings. The van der Waals surface area contributed by atoms with E-state index in [0.29, 0.717) is 71.0 Å². The second-order valence-electron chi connectivity index (χ2n) is 12.8. The Morgan fingerprint density at radius 3 is 2.98 bits per heavy atom. The largest absolute Gasteiger partial charge is 0.508 e. The number of hydrogen-bond acceptors (Lipinski definition) is 9. The number of pyridine rings is 1. The molecule has 9 nitrogen and oxygen atoms in total. The highest BCUT2D eigenvalue weighted by atomic mass is 19.1. The summed E-state index contributed by atoms with van der Waals surface area (Å²) in [5.74, 6) is 0.702. The molecule has 222 valence electrons. The summed E-state index contributed by atoms with van der Waals surface area (Å²) in [7, 11) is 0. The standard InChI is InChI=1S/C32H32F2N6O3/c33-18-12-32(7-2-8-39(32)13-18)16-43-31-37-25-11-24(21-10-20(41)9-17-3-1-4-22(34)27(17)21)36-30-28(25)29(38-31)40-14-19-5-6-23(35-19)26(40)15-42-30/h1,3-4,9-11,18-19,23,26,35,41H,2,5-8,12-16H2/t18-,19+,23-,26+,32-/m1/s1. The third-order valence-electron chi connectivity index (χ3n) is 10.2. The van der Waals surface area contributed by atoms with Crippen LogP contribution in [0.1, 0.15) is 32.1 Å². The first-order valence-electron chi connectivity index (χ1n) is 15.3. The Balaban J connectivity index is 1.20. The van der Waals surface area contributed by atoms with Gasteiger partial charge in [0.2, 0.25) is 5.88 Å². The molecule has 4 saturated heterocycles. The fourth-order valence-corrected chi connectivity index (χ4v) is 8.31. The van der Waals surface area contributed by atoms with Gasteiger partial charge in [-0.05, 0) is 61.9 Å². The van der Waals surface area contributed by atoms with Gasteiger partial charge in [0.05, 0.1) is 22.8 Å². The lowest BCUT2D eigenvalue weighted by Gasteiger charge is -2.40. The number of rotatable bonds is 4. The lowest BCUT2D eigenvalue weighted by Crippen LogP contribution is -2.60. The molecule has 0 radical (unpaired) electrons. The highest BCUT2D eigenvalue weighted by molar-refractivity contribution is 6.01. The molecular weight excluding hydrogens is 554 g/mol. The van der Waals surface area contributed by atoms with E-state index in [4.69, 9.17) is 24.4 Å². The van der Waals surface area contributed by atoms with E-state index in [0.717, 1.165) is 44.6 Å². The quantitative estimate of drug-likeness (QED) is 0.362. The molecule has 4 aromatic rings. The van der Waals surface area contributed by atoms with Crippen LogP contribution in [0.5, 0.6) is 17.6 Å². The van der Waals surface area contributed by atoms with Crippen molar-refractivity contribution in [3.63, 3.8) is 0 Å². The van der Waals surface area contributed by atoms with E-state index < -0.39 is 12.0 Å². The maximum atomic E-state index is 15.2. The Labute approximate surface area is 246 Å². The first-order valence-corrected chi connectivity index (χ1v) is 15.3. The molecule has 0 spiro atoms. The van der Waals surface area contributed by atoms with Crippen molar-refractivity contribution in [2.24, 2.45) is 0 Å². The van der Waals surface area contributed by atoms with Crippen molar-refractivity contribution in [1.82, 2.24) is 25.2 Å². The van der Waals surface area contributed by atoms with Crippen LogP contribution in [0, 0.1) is 5.82 Å². The molecule has 0 saturated carbocycles. The number of anilines is 1. The van der Waals surface area contributed by atoms with Gasteiger partial charge < -0.3 is 24.8 Å². The molecule has 2 bridgehead atoms. The highest BCUT2D eigenvalue weighted by Gasteiger charge is 2.49. The SMILES string of the molecule is Oc1cc(-c2cc3nc(OC[C@]45CCCN4C[C@H](F)C5)nc4c3c(n2)OC[C@H]2[C@H]3CC[C@@H](CN42)N3)c2c(F)cccc2c1. The summed E-state index contributed by atoms with van der Waals surface area (Å²) in [4.78, 5) is 19.2. The number of piperazine rings is 1. The number of nitrogens with one attached hydrogen (secondary N) is 1. The molecule has 2 aromatic carbocycles. The van der Waals surface area contributed by atoms with Crippen LogP contribution in [0.25, 0.3) is 32.9 Å². The van der Waals surface area contributed by atoms with E-state index in [1.807, 2.05) is 0 Å². The zero-order valence-corrected chi connectivity index (χ0v) is 23.6. The highest BCUT2D eigenvalue weighted by Crippen LogP contribution is 2.44. The molecular formula is C32H32F2N6O3. The van der Waals surface area contributed by atoms with Crippen LogP contribution in [0.15, 0.2) is 36.4 Å². The average Bonchev–Trinajstić information content (AvgIpc) is 3.62. The van der Waals surface area contributed by atoms with Gasteiger partial charge in [-0.1, -0.05) is 12.1 Å². The number of fused-ring (bicyclic) bond motifs is 7. The van der Waals surface area contributed by atoms with E-state index in [9.17, 15) is 9.50 Å². The number of aromatic nitrogens is 3. The Kier molecular flexibility index (Phi) is 5.57. The number of phenolic OH excluding ortho intramolecular Hbond substituents is 1. The summed E-state index contributed by atoms with van der Waals surface area (Å²) < 4.78 is 42.4. The van der Waals surface area contributed by atoms with E-state index in [2.05, 4.69) is 15.1 Å². The van der Waals surface area contributed by atoms with Crippen molar-refractivity contribution in [2.75, 3.05) is 37.7 Å². The lowest BCUT2D eigenvalue weighted by atomic mass is 9.95. The lowest BCUT2D eigenvalue weighted by molar-refractivity contribution is 0.107. The topological polar surface area (TPSA) is 95.9 Å². The number of nitrogens with zero attached hydrogens (tertiary/aromatic N) is 5. The van der Waals surface area contributed by atoms with Gasteiger partial charge in [-0.25, -0.2) is 13.8 Å². The molecule has 7 heterocycles. The van der Waals surface area contributed by atoms with Crippen molar-refractivity contribution in [2.45, 2.75) is 61.9 Å². The molecule has 11 heteroatoms. The zero-order valence-electron chi connectivity index (χ0n) is 23.6. The zero-order chi connectivity index (χ0) is 28.9. The Morgan fingerprint density at radius 2 is 2.05 bits per heavy atom. The molecule has 43 heavy (non-hydrogen) atoms. The van der Waals surface area contributed by atoms with E-state index >= 15 is 4.39 Å². The van der Waals surface area contributed by atoms with Crippen molar-refractivity contribution >= 4 is 27.5 Å². The van der Waals surface area contributed by atoms with Crippen molar-refractivity contribution in [1.29, 1.82) is 0 Å². The molecule has 0 amide bonds. The van der Waals surface area contributed by atoms with Crippen LogP contribution in [0.2, 0.25) is 0 Å². The molecule has 5 aliphatic heterocycles. The van der Waals surface area contributed by atoms with Crippen molar-refractivity contribution in [3.05, 3.63) is 42.2 Å². The summed E-state index contributed by atoms with van der Waals surface area (Å²) in [6.07, 6.45) is 3.67. The summed E-state index contributed by atoms with van der Waals surface area (Å²) in [5, 5.41) is 15.9. The van der Waals surface area contributed by atoms with E-state index in [-0.39, 0.29) is 29.4 Å². The second-order valence-corrected chi connectivity index (χ2v) is 12.8. The summed E-state index contributed by atoms with van der Waals surface area (Å²) >= 11 is 0. The van der Waals surface area contributed by atoms with E-state index in [1.165, 1.54) is 18.2 Å². The summed E-state index contributed by atoms with van der Waals surface area (Å²) in [5.41, 5.74) is 1.11. The van der Waals surface area contributed by atoms with Gasteiger partial charge in [-0.2, -0.15) is 9.97 Å². The minimum atomic E-state index is -0.853. The van der Waals surface area contributed by atoms with Crippen LogP contribution in [-0.2, 0) is 0 Å². The van der Waals surface area contributed by atoms with Crippen LogP contribution in [-0.4, -0.2) is 87.6 Å². The van der Waals surface area contributed by atoms with Crippen LogP contribution < -0.4 is 19.7 Å². The smallest absolute Gasteiger partial charge is 0.319 e. The van der Waals surface area contributed by atoms with E-state index in [1.54, 1.807) is 18.2 Å². The minimum Gasteiger partial charge on any atom is -0.508 e. The third kappa shape index (κ3) is 3.97. The first kappa shape index (κ1) is 25.6. The Bertz CT molecular complexity index is 1790. The van der Waals surface area contributed by atoms with Crippen LogP contribution in [0.3, 0.4) is 0 Å². The second kappa shape index (κ2) is 9.33. The number of ether oxygens (including phenoxy) is 2. The average molecular weight is 587 g/mol. The Hall–Kier alpha value is -3.83. The number of hydrogen-bond donors (Lipinski definition) is 2. The van der Waals surface area contributed by atoms with Crippen LogP contribution >= 0.6 is 0 Å². The predicted octanol–water partition coefficient (Wildman–Crippen LogP) is 4.35. The molecule has 5 atom stereocenters. The van der Waals surface area contributed by atoms with Crippen molar-refractivity contribution in [3.8, 4) is 28.9 Å². The maximum Gasteiger partial charge on any atom is 0.319 e. The van der Waals surface area contributed by atoms with Gasteiger partial charge >= 0.3 is 6.01 Å². The fraction of sp³-hybridized carbons (Fsp3) is 0.469. The van der Waals surface area contributed by atoms with Gasteiger partial charge in [-0.3, -0.25) is 4.90 Å². The molecule has 2 aromatic heterocycles. The normalized spacial score (nSPS) is 29.5. The molecule has 0 unspecified atom stereocenters. The van der Waals surface area contributed by atoms with Crippen LogP contribution in [0.4, 0.5) is 14.6 Å². The fourth-order valence-electron chi connectivity index (χ4n) is 8.31. The van der Waals surface area contributed by atoms with Gasteiger partial charge in [0.15, 0.2) is 0 Å². The first-order chi connectivity index (χ1) is 20.9. The van der Waals surface area contributed by atoms with Gasteiger partial charge in [0.1, 0.15) is 42.2 Å².